The van der Waals surface area contributed by atoms with Crippen molar-refractivity contribution in [3.8, 4) is 0 Å². The highest BCUT2D eigenvalue weighted by molar-refractivity contribution is 5.79. The summed E-state index contributed by atoms with van der Waals surface area (Å²) >= 11 is 0. The summed E-state index contributed by atoms with van der Waals surface area (Å²) in [6, 6.07) is 1.56. The fraction of sp³-hybridized carbons (Fsp3) is 0.500. The summed E-state index contributed by atoms with van der Waals surface area (Å²) < 4.78 is 3.75. The molecule has 1 atom stereocenters. The monoisotopic (exact) mass is 273 g/mol. The first-order valence-electron chi connectivity index (χ1n) is 6.91. The Hall–Kier alpha value is -2.11. The van der Waals surface area contributed by atoms with Crippen molar-refractivity contribution >= 4 is 5.91 Å². The topological polar surface area (TPSA) is 64.7 Å². The highest BCUT2D eigenvalue weighted by Gasteiger charge is 2.43. The van der Waals surface area contributed by atoms with Gasteiger partial charge in [0.05, 0.1) is 6.33 Å². The van der Waals surface area contributed by atoms with E-state index in [1.54, 1.807) is 17.1 Å². The lowest BCUT2D eigenvalue weighted by atomic mass is 10.1. The Kier molecular flexibility index (Phi) is 3.30. The molecule has 1 amide bonds. The smallest absolute Gasteiger partial charge is 0.244 e. The van der Waals surface area contributed by atoms with E-state index in [4.69, 9.17) is 0 Å². The van der Waals surface area contributed by atoms with Crippen molar-refractivity contribution in [3.63, 3.8) is 0 Å². The van der Waals surface area contributed by atoms with Gasteiger partial charge in [0.2, 0.25) is 5.91 Å². The lowest BCUT2D eigenvalue weighted by molar-refractivity contribution is -0.124. The summed E-state index contributed by atoms with van der Waals surface area (Å²) in [5.41, 5.74) is 0.209. The first-order chi connectivity index (χ1) is 9.69. The van der Waals surface area contributed by atoms with Gasteiger partial charge in [0.25, 0.3) is 0 Å². The SMILES string of the molecule is CC(C(=O)NCC1(Cn2ccnc2)CC1)n1cccn1. The first kappa shape index (κ1) is 12.9. The van der Waals surface area contributed by atoms with Gasteiger partial charge in [0.1, 0.15) is 6.04 Å². The largest absolute Gasteiger partial charge is 0.354 e. The zero-order valence-corrected chi connectivity index (χ0v) is 11.6. The summed E-state index contributed by atoms with van der Waals surface area (Å²) in [7, 11) is 0. The number of hydrogen-bond acceptors (Lipinski definition) is 3. The molecule has 1 unspecified atom stereocenters. The minimum Gasteiger partial charge on any atom is -0.354 e. The molecule has 106 valence electrons. The maximum atomic E-state index is 12.1. The van der Waals surface area contributed by atoms with Gasteiger partial charge in [-0.25, -0.2) is 4.98 Å². The minimum atomic E-state index is -0.269. The Morgan fingerprint density at radius 2 is 2.25 bits per heavy atom. The lowest BCUT2D eigenvalue weighted by Crippen LogP contribution is -2.36. The van der Waals surface area contributed by atoms with Gasteiger partial charge in [0.15, 0.2) is 0 Å². The number of rotatable bonds is 6. The summed E-state index contributed by atoms with van der Waals surface area (Å²) in [6.45, 7) is 3.50. The van der Waals surface area contributed by atoms with Gasteiger partial charge >= 0.3 is 0 Å². The molecule has 2 heterocycles. The zero-order chi connectivity index (χ0) is 14.0. The van der Waals surface area contributed by atoms with E-state index in [1.165, 1.54) is 0 Å². The molecule has 0 aromatic carbocycles. The van der Waals surface area contributed by atoms with Crippen molar-refractivity contribution in [1.82, 2.24) is 24.6 Å². The number of hydrogen-bond donors (Lipinski definition) is 1. The molecular weight excluding hydrogens is 254 g/mol. The van der Waals surface area contributed by atoms with Crippen molar-refractivity contribution in [2.45, 2.75) is 32.4 Å². The molecule has 1 N–H and O–H groups in total. The maximum absolute atomic E-state index is 12.1. The van der Waals surface area contributed by atoms with Crippen molar-refractivity contribution < 1.29 is 4.79 Å². The van der Waals surface area contributed by atoms with Crippen LogP contribution in [0.25, 0.3) is 0 Å². The van der Waals surface area contributed by atoms with E-state index in [-0.39, 0.29) is 17.4 Å². The third-order valence-corrected chi connectivity index (χ3v) is 3.97. The molecule has 2 aromatic rings. The van der Waals surface area contributed by atoms with Crippen LogP contribution in [0.1, 0.15) is 25.8 Å². The summed E-state index contributed by atoms with van der Waals surface area (Å²) in [5, 5.41) is 7.15. The Morgan fingerprint density at radius 1 is 1.40 bits per heavy atom. The molecule has 0 bridgehead atoms. The lowest BCUT2D eigenvalue weighted by Gasteiger charge is -2.19. The van der Waals surface area contributed by atoms with Crippen molar-refractivity contribution in [3.05, 3.63) is 37.2 Å². The molecule has 2 aromatic heterocycles. The Morgan fingerprint density at radius 3 is 2.85 bits per heavy atom. The highest BCUT2D eigenvalue weighted by atomic mass is 16.2. The van der Waals surface area contributed by atoms with Crippen LogP contribution in [0.3, 0.4) is 0 Å². The van der Waals surface area contributed by atoms with Crippen LogP contribution in [0.4, 0.5) is 0 Å². The first-order valence-corrected chi connectivity index (χ1v) is 6.91. The maximum Gasteiger partial charge on any atom is 0.244 e. The van der Waals surface area contributed by atoms with Crippen LogP contribution in [0.15, 0.2) is 37.2 Å². The van der Waals surface area contributed by atoms with E-state index >= 15 is 0 Å². The second-order valence-electron chi connectivity index (χ2n) is 5.61. The van der Waals surface area contributed by atoms with Crippen LogP contribution in [-0.4, -0.2) is 31.8 Å². The molecule has 20 heavy (non-hydrogen) atoms. The number of carbonyl (C=O) groups excluding carboxylic acids is 1. The van der Waals surface area contributed by atoms with Gasteiger partial charge in [-0.05, 0) is 25.8 Å². The van der Waals surface area contributed by atoms with Crippen LogP contribution in [0.5, 0.6) is 0 Å². The Balaban J connectivity index is 1.53. The van der Waals surface area contributed by atoms with Gasteiger partial charge < -0.3 is 9.88 Å². The molecular formula is C14H19N5O. The Labute approximate surface area is 117 Å². The van der Waals surface area contributed by atoms with E-state index < -0.39 is 0 Å². The molecule has 0 saturated heterocycles. The van der Waals surface area contributed by atoms with Gasteiger partial charge in [-0.1, -0.05) is 0 Å². The number of nitrogens with zero attached hydrogens (tertiary/aromatic N) is 4. The number of carbonyl (C=O) groups is 1. The third-order valence-electron chi connectivity index (χ3n) is 3.97. The average molecular weight is 273 g/mol. The number of imidazole rings is 1. The van der Waals surface area contributed by atoms with Crippen molar-refractivity contribution in [1.29, 1.82) is 0 Å². The predicted molar refractivity (Wildman–Crippen MR) is 73.8 cm³/mol. The van der Waals surface area contributed by atoms with Gasteiger partial charge in [0, 0.05) is 43.3 Å². The van der Waals surface area contributed by atoms with Gasteiger partial charge in [-0.2, -0.15) is 5.10 Å². The van der Waals surface area contributed by atoms with Crippen LogP contribution in [-0.2, 0) is 11.3 Å². The normalized spacial score (nSPS) is 17.6. The van der Waals surface area contributed by atoms with E-state index in [9.17, 15) is 4.79 Å². The number of amides is 1. The summed E-state index contributed by atoms with van der Waals surface area (Å²) in [5.74, 6) is 0.0191. The second kappa shape index (κ2) is 5.11. The molecule has 6 nitrogen and oxygen atoms in total. The van der Waals surface area contributed by atoms with E-state index in [0.29, 0.717) is 0 Å². The fourth-order valence-electron chi connectivity index (χ4n) is 2.39. The molecule has 6 heteroatoms. The van der Waals surface area contributed by atoms with Gasteiger partial charge in [-0.15, -0.1) is 0 Å². The molecule has 3 rings (SSSR count). The minimum absolute atomic E-state index is 0.0191. The number of aromatic nitrogens is 4. The Bertz CT molecular complexity index is 556. The van der Waals surface area contributed by atoms with Crippen LogP contribution in [0.2, 0.25) is 0 Å². The van der Waals surface area contributed by atoms with Crippen LogP contribution in [0, 0.1) is 5.41 Å². The zero-order valence-electron chi connectivity index (χ0n) is 11.6. The van der Waals surface area contributed by atoms with Gasteiger partial charge in [-0.3, -0.25) is 9.48 Å². The summed E-state index contributed by atoms with van der Waals surface area (Å²) in [6.07, 6.45) is 11.4. The molecule has 0 aliphatic heterocycles. The van der Waals surface area contributed by atoms with E-state index in [2.05, 4.69) is 20.0 Å². The third kappa shape index (κ3) is 2.74. The van der Waals surface area contributed by atoms with E-state index in [0.717, 1.165) is 25.9 Å². The van der Waals surface area contributed by atoms with Crippen molar-refractivity contribution in [2.75, 3.05) is 6.54 Å². The quantitative estimate of drug-likeness (QED) is 0.861. The molecule has 1 fully saturated rings. The standard InChI is InChI=1S/C14H19N5O/c1-12(19-7-2-5-17-19)13(20)16-9-14(3-4-14)10-18-8-6-15-11-18/h2,5-8,11-12H,3-4,9-10H2,1H3,(H,16,20). The summed E-state index contributed by atoms with van der Waals surface area (Å²) in [4.78, 5) is 16.2. The van der Waals surface area contributed by atoms with E-state index in [1.807, 2.05) is 31.7 Å². The molecule has 1 aliphatic carbocycles. The second-order valence-corrected chi connectivity index (χ2v) is 5.61. The predicted octanol–water partition coefficient (Wildman–Crippen LogP) is 1.24. The number of nitrogens with one attached hydrogen (secondary N) is 1. The van der Waals surface area contributed by atoms with Crippen LogP contribution >= 0.6 is 0 Å². The molecule has 1 saturated carbocycles. The molecule has 0 spiro atoms. The highest BCUT2D eigenvalue weighted by Crippen LogP contribution is 2.46. The average Bonchev–Trinajstić information content (AvgIpc) is 2.91. The van der Waals surface area contributed by atoms with Crippen molar-refractivity contribution in [2.24, 2.45) is 5.41 Å². The fourth-order valence-corrected chi connectivity index (χ4v) is 2.39. The molecule has 1 aliphatic rings. The molecule has 0 radical (unpaired) electrons. The van der Waals surface area contributed by atoms with Crippen LogP contribution < -0.4 is 5.32 Å².